The summed E-state index contributed by atoms with van der Waals surface area (Å²) in [4.78, 5) is 24.0. The first-order valence-electron chi connectivity index (χ1n) is 12.7. The van der Waals surface area contributed by atoms with Crippen molar-refractivity contribution < 1.29 is 23.8 Å². The van der Waals surface area contributed by atoms with Gasteiger partial charge in [-0.3, -0.25) is 0 Å². The standard InChI is InChI=1S/C31H29N3O5/c1-36-26-19-11-10-18-25(26)33-30(35)39-34-29(24-17-12-20-27(37-2)28(24)38-3)32(23-15-8-5-9-16-23)21-31(33,34)22-13-6-4-7-14-22/h4-20,29H,21H2,1-3H3. The lowest BCUT2D eigenvalue weighted by Crippen LogP contribution is -2.51. The van der Waals surface area contributed by atoms with E-state index in [9.17, 15) is 4.79 Å². The van der Waals surface area contributed by atoms with Gasteiger partial charge in [-0.15, -0.1) is 0 Å². The van der Waals surface area contributed by atoms with Crippen molar-refractivity contribution >= 4 is 17.5 Å². The number of carbonyl (C=O) groups is 1. The molecule has 0 aliphatic carbocycles. The lowest BCUT2D eigenvalue weighted by atomic mass is 9.97. The molecule has 8 nitrogen and oxygen atoms in total. The number of para-hydroxylation sites is 4. The highest BCUT2D eigenvalue weighted by Crippen LogP contribution is 2.56. The average Bonchev–Trinajstić information content (AvgIpc) is 3.47. The van der Waals surface area contributed by atoms with Gasteiger partial charge in [-0.25, -0.2) is 9.69 Å². The van der Waals surface area contributed by atoms with Gasteiger partial charge in [-0.2, -0.15) is 0 Å². The van der Waals surface area contributed by atoms with Gasteiger partial charge in [0.15, 0.2) is 17.2 Å². The molecule has 2 unspecified atom stereocenters. The number of carbonyl (C=O) groups excluding carboxylic acids is 1. The van der Waals surface area contributed by atoms with Crippen molar-refractivity contribution in [2.75, 3.05) is 37.7 Å². The summed E-state index contributed by atoms with van der Waals surface area (Å²) in [6, 6.07) is 33.3. The molecule has 2 aliphatic rings. The first-order valence-corrected chi connectivity index (χ1v) is 12.7. The van der Waals surface area contributed by atoms with Crippen LogP contribution in [-0.2, 0) is 10.5 Å². The molecule has 39 heavy (non-hydrogen) atoms. The number of methoxy groups -OCH3 is 3. The van der Waals surface area contributed by atoms with Crippen LogP contribution in [0.2, 0.25) is 0 Å². The molecule has 2 atom stereocenters. The highest BCUT2D eigenvalue weighted by atomic mass is 16.8. The lowest BCUT2D eigenvalue weighted by molar-refractivity contribution is -0.136. The number of benzene rings is 4. The van der Waals surface area contributed by atoms with E-state index in [2.05, 4.69) is 17.0 Å². The van der Waals surface area contributed by atoms with Crippen LogP contribution in [0.1, 0.15) is 17.3 Å². The summed E-state index contributed by atoms with van der Waals surface area (Å²) in [5.41, 5.74) is 2.23. The van der Waals surface area contributed by atoms with Crippen LogP contribution >= 0.6 is 0 Å². The summed E-state index contributed by atoms with van der Waals surface area (Å²) in [5, 5.41) is 1.78. The molecule has 0 spiro atoms. The third kappa shape index (κ3) is 3.75. The molecular formula is C31H29N3O5. The van der Waals surface area contributed by atoms with Crippen LogP contribution in [0.5, 0.6) is 17.2 Å². The summed E-state index contributed by atoms with van der Waals surface area (Å²) in [6.07, 6.45) is -1.04. The van der Waals surface area contributed by atoms with Crippen molar-refractivity contribution in [1.29, 1.82) is 0 Å². The van der Waals surface area contributed by atoms with Gasteiger partial charge < -0.3 is 23.9 Å². The van der Waals surface area contributed by atoms with Gasteiger partial charge in [0.25, 0.3) is 0 Å². The van der Waals surface area contributed by atoms with Gasteiger partial charge in [0.1, 0.15) is 11.9 Å². The summed E-state index contributed by atoms with van der Waals surface area (Å²) < 4.78 is 17.2. The van der Waals surface area contributed by atoms with Crippen LogP contribution in [0.4, 0.5) is 16.2 Å². The molecule has 4 aromatic carbocycles. The topological polar surface area (TPSA) is 63.7 Å². The molecule has 4 aromatic rings. The molecule has 0 aromatic heterocycles. The van der Waals surface area contributed by atoms with Gasteiger partial charge in [0.2, 0.25) is 0 Å². The zero-order valence-electron chi connectivity index (χ0n) is 22.0. The number of nitrogens with zero attached hydrogens (tertiary/aromatic N) is 3. The van der Waals surface area contributed by atoms with E-state index in [4.69, 9.17) is 19.0 Å². The first kappa shape index (κ1) is 24.6. The normalized spacial score (nSPS) is 20.5. The summed E-state index contributed by atoms with van der Waals surface area (Å²) in [7, 11) is 4.82. The van der Waals surface area contributed by atoms with Crippen LogP contribution in [-0.4, -0.2) is 39.0 Å². The Morgan fingerprint density at radius 2 is 1.38 bits per heavy atom. The van der Waals surface area contributed by atoms with Gasteiger partial charge in [-0.05, 0) is 35.9 Å². The van der Waals surface area contributed by atoms with E-state index < -0.39 is 17.9 Å². The lowest BCUT2D eigenvalue weighted by Gasteiger charge is -2.36. The Hall–Kier alpha value is -4.69. The maximum absolute atomic E-state index is 13.9. The van der Waals surface area contributed by atoms with E-state index in [0.717, 1.165) is 16.8 Å². The molecule has 0 bridgehead atoms. The molecule has 198 valence electrons. The van der Waals surface area contributed by atoms with E-state index in [1.165, 1.54) is 0 Å². The van der Waals surface area contributed by atoms with Crippen molar-refractivity contribution in [2.45, 2.75) is 11.8 Å². The predicted molar refractivity (Wildman–Crippen MR) is 148 cm³/mol. The quantitative estimate of drug-likeness (QED) is 0.296. The third-order valence-electron chi connectivity index (χ3n) is 7.36. The molecule has 0 radical (unpaired) electrons. The first-order chi connectivity index (χ1) is 19.1. The van der Waals surface area contributed by atoms with Crippen LogP contribution < -0.4 is 24.0 Å². The Kier molecular flexibility index (Phi) is 6.24. The molecule has 2 aliphatic heterocycles. The molecule has 2 saturated heterocycles. The Morgan fingerprint density at radius 3 is 2.08 bits per heavy atom. The van der Waals surface area contributed by atoms with Crippen LogP contribution in [0.15, 0.2) is 103 Å². The SMILES string of the molecule is COc1ccccc1N1C(=O)ON2C(c3cccc(OC)c3OC)N(c3ccccc3)CC12c1ccccc1. The second-order valence-corrected chi connectivity index (χ2v) is 9.29. The second kappa shape index (κ2) is 9.89. The van der Waals surface area contributed by atoms with Crippen molar-refractivity contribution in [2.24, 2.45) is 0 Å². The minimum atomic E-state index is -1.04. The largest absolute Gasteiger partial charge is 0.495 e. The Labute approximate surface area is 227 Å². The van der Waals surface area contributed by atoms with Gasteiger partial charge in [0.05, 0.1) is 33.6 Å². The van der Waals surface area contributed by atoms with E-state index in [1.807, 2.05) is 91.0 Å². The number of amides is 1. The van der Waals surface area contributed by atoms with E-state index in [-0.39, 0.29) is 0 Å². The van der Waals surface area contributed by atoms with Crippen LogP contribution in [0, 0.1) is 0 Å². The molecule has 1 amide bonds. The number of fused-ring (bicyclic) bond motifs is 1. The fourth-order valence-electron chi connectivity index (χ4n) is 5.72. The number of hydrogen-bond donors (Lipinski definition) is 0. The predicted octanol–water partition coefficient (Wildman–Crippen LogP) is 5.96. The Morgan fingerprint density at radius 1 is 0.744 bits per heavy atom. The van der Waals surface area contributed by atoms with Crippen molar-refractivity contribution in [3.63, 3.8) is 0 Å². The summed E-state index contributed by atoms with van der Waals surface area (Å²) >= 11 is 0. The number of hydroxylamine groups is 2. The summed E-state index contributed by atoms with van der Waals surface area (Å²) in [6.45, 7) is 0.399. The van der Waals surface area contributed by atoms with E-state index in [0.29, 0.717) is 29.5 Å². The van der Waals surface area contributed by atoms with Crippen molar-refractivity contribution in [3.05, 3.63) is 114 Å². The summed E-state index contributed by atoms with van der Waals surface area (Å²) in [5.74, 6) is 1.73. The molecule has 2 heterocycles. The Balaban J connectivity index is 1.64. The number of rotatable bonds is 7. The average molecular weight is 524 g/mol. The fraction of sp³-hybridized carbons (Fsp3) is 0.194. The highest BCUT2D eigenvalue weighted by Gasteiger charge is 2.66. The highest BCUT2D eigenvalue weighted by molar-refractivity contribution is 5.94. The van der Waals surface area contributed by atoms with Gasteiger partial charge in [0, 0.05) is 11.3 Å². The molecule has 0 N–H and O–H groups in total. The molecule has 6 rings (SSSR count). The zero-order valence-corrected chi connectivity index (χ0v) is 22.0. The number of hydrogen-bond acceptors (Lipinski definition) is 7. The zero-order chi connectivity index (χ0) is 27.0. The molecular weight excluding hydrogens is 494 g/mol. The number of ether oxygens (including phenoxy) is 3. The van der Waals surface area contributed by atoms with Crippen molar-refractivity contribution in [1.82, 2.24) is 5.06 Å². The number of anilines is 2. The van der Waals surface area contributed by atoms with E-state index >= 15 is 0 Å². The van der Waals surface area contributed by atoms with Crippen LogP contribution in [0.3, 0.4) is 0 Å². The minimum Gasteiger partial charge on any atom is -0.495 e. The minimum absolute atomic E-state index is 0.399. The second-order valence-electron chi connectivity index (χ2n) is 9.29. The monoisotopic (exact) mass is 523 g/mol. The van der Waals surface area contributed by atoms with Crippen molar-refractivity contribution in [3.8, 4) is 17.2 Å². The van der Waals surface area contributed by atoms with Gasteiger partial charge >= 0.3 is 6.09 Å². The fourth-order valence-corrected chi connectivity index (χ4v) is 5.72. The molecule has 8 heteroatoms. The third-order valence-corrected chi connectivity index (χ3v) is 7.36. The Bertz CT molecular complexity index is 1480. The molecule has 0 saturated carbocycles. The smallest absolute Gasteiger partial charge is 0.435 e. The van der Waals surface area contributed by atoms with Gasteiger partial charge in [-0.1, -0.05) is 77.9 Å². The molecule has 2 fully saturated rings. The maximum atomic E-state index is 13.9. The van der Waals surface area contributed by atoms with E-state index in [1.54, 1.807) is 31.3 Å². The van der Waals surface area contributed by atoms with Crippen LogP contribution in [0.25, 0.3) is 0 Å². The maximum Gasteiger partial charge on any atom is 0.435 e.